The Labute approximate surface area is 151 Å². The summed E-state index contributed by atoms with van der Waals surface area (Å²) in [5.74, 6) is 0.670. The Morgan fingerprint density at radius 3 is 2.38 bits per heavy atom. The van der Waals surface area contributed by atoms with Gasteiger partial charge in [0.25, 0.3) is 0 Å². The molecule has 0 atom stereocenters. The number of nitrogens with two attached hydrogens (primary N) is 2. The number of nitrogen functional groups attached to an aromatic ring is 1. The second-order valence-electron chi connectivity index (χ2n) is 6.93. The molecule has 0 saturated carbocycles. The van der Waals surface area contributed by atoms with Gasteiger partial charge in [0, 0.05) is 29.1 Å². The van der Waals surface area contributed by atoms with Crippen molar-refractivity contribution in [2.75, 3.05) is 11.1 Å². The number of primary sulfonamides is 1. The molecule has 1 aromatic carbocycles. The normalized spacial score (nSPS) is 12.3. The fourth-order valence-electron chi connectivity index (χ4n) is 2.57. The molecule has 26 heavy (non-hydrogen) atoms. The fourth-order valence-corrected chi connectivity index (χ4v) is 3.32. The number of sulfonamides is 1. The van der Waals surface area contributed by atoms with Crippen molar-refractivity contribution in [3.8, 4) is 11.1 Å². The Hall–Kier alpha value is -2.78. The summed E-state index contributed by atoms with van der Waals surface area (Å²) in [5.41, 5.74) is 7.12. The van der Waals surface area contributed by atoms with Crippen molar-refractivity contribution in [1.29, 1.82) is 0 Å². The van der Waals surface area contributed by atoms with E-state index in [4.69, 9.17) is 10.9 Å². The van der Waals surface area contributed by atoms with E-state index in [0.717, 1.165) is 0 Å². The molecule has 2 heterocycles. The summed E-state index contributed by atoms with van der Waals surface area (Å²) < 4.78 is 23.9. The van der Waals surface area contributed by atoms with Crippen LogP contribution in [0, 0.1) is 0 Å². The van der Waals surface area contributed by atoms with Crippen LogP contribution in [0.1, 0.15) is 20.8 Å². The second kappa shape index (κ2) is 6.19. The highest BCUT2D eigenvalue weighted by Gasteiger charge is 2.19. The van der Waals surface area contributed by atoms with Gasteiger partial charge in [-0.15, -0.1) is 0 Å². The first-order valence-corrected chi connectivity index (χ1v) is 9.42. The molecule has 3 rings (SSSR count). The fraction of sp³-hybridized carbons (Fsp3) is 0.235. The molecule has 0 radical (unpaired) electrons. The first-order chi connectivity index (χ1) is 12.1. The summed E-state index contributed by atoms with van der Waals surface area (Å²) in [7, 11) is -3.92. The third-order valence-corrected chi connectivity index (χ3v) is 4.59. The van der Waals surface area contributed by atoms with E-state index in [2.05, 4.69) is 20.3 Å². The van der Waals surface area contributed by atoms with E-state index in [9.17, 15) is 8.42 Å². The Bertz CT molecular complexity index is 1090. The largest absolute Gasteiger partial charge is 0.383 e. The van der Waals surface area contributed by atoms with E-state index < -0.39 is 10.0 Å². The minimum Gasteiger partial charge on any atom is -0.383 e. The number of anilines is 2. The van der Waals surface area contributed by atoms with E-state index in [-0.39, 0.29) is 16.3 Å². The lowest BCUT2D eigenvalue weighted by Crippen LogP contribution is -2.27. The van der Waals surface area contributed by atoms with Crippen molar-refractivity contribution < 1.29 is 8.42 Å². The van der Waals surface area contributed by atoms with Crippen LogP contribution in [0.25, 0.3) is 22.0 Å². The van der Waals surface area contributed by atoms with Crippen molar-refractivity contribution >= 4 is 32.7 Å². The van der Waals surface area contributed by atoms with E-state index in [1.807, 2.05) is 20.8 Å². The topological polar surface area (TPSA) is 137 Å². The molecule has 0 fully saturated rings. The average molecular weight is 372 g/mol. The molecule has 0 aliphatic carbocycles. The monoisotopic (exact) mass is 372 g/mol. The molecule has 0 aliphatic heterocycles. The van der Waals surface area contributed by atoms with Gasteiger partial charge in [0.15, 0.2) is 0 Å². The number of pyridine rings is 1. The molecule has 5 N–H and O–H groups in total. The summed E-state index contributed by atoms with van der Waals surface area (Å²) in [5, 5.41) is 9.09. The lowest BCUT2D eigenvalue weighted by atomic mass is 10.0. The van der Waals surface area contributed by atoms with Crippen molar-refractivity contribution in [3.05, 3.63) is 36.7 Å². The summed E-state index contributed by atoms with van der Waals surface area (Å²) in [6.07, 6.45) is 3.07. The smallest absolute Gasteiger partial charge is 0.238 e. The van der Waals surface area contributed by atoms with Gasteiger partial charge in [0.05, 0.1) is 15.8 Å². The SMILES string of the molecule is CC(C)(C)Nc1ncc2c(N)ncc(-c3ccccc3S(N)(=O)=O)c2n1. The van der Waals surface area contributed by atoms with Crippen molar-refractivity contribution in [1.82, 2.24) is 15.0 Å². The Morgan fingerprint density at radius 1 is 1.04 bits per heavy atom. The lowest BCUT2D eigenvalue weighted by Gasteiger charge is -2.20. The van der Waals surface area contributed by atoms with Crippen LogP contribution in [-0.2, 0) is 10.0 Å². The van der Waals surface area contributed by atoms with Gasteiger partial charge in [0.1, 0.15) is 5.82 Å². The summed E-state index contributed by atoms with van der Waals surface area (Å²) in [6.45, 7) is 5.95. The van der Waals surface area contributed by atoms with Crippen LogP contribution in [0.5, 0.6) is 0 Å². The van der Waals surface area contributed by atoms with Crippen LogP contribution in [0.3, 0.4) is 0 Å². The number of nitrogens with one attached hydrogen (secondary N) is 1. The molecule has 2 aromatic heterocycles. The third-order valence-electron chi connectivity index (χ3n) is 3.62. The lowest BCUT2D eigenvalue weighted by molar-refractivity contribution is 0.598. The maximum Gasteiger partial charge on any atom is 0.238 e. The molecule has 9 heteroatoms. The maximum absolute atomic E-state index is 12.0. The molecule has 0 unspecified atom stereocenters. The molecule has 8 nitrogen and oxygen atoms in total. The van der Waals surface area contributed by atoms with Gasteiger partial charge in [-0.1, -0.05) is 18.2 Å². The highest BCUT2D eigenvalue weighted by atomic mass is 32.2. The minimum atomic E-state index is -3.92. The predicted octanol–water partition coefficient (Wildman–Crippen LogP) is 2.13. The first-order valence-electron chi connectivity index (χ1n) is 7.88. The van der Waals surface area contributed by atoms with Crippen LogP contribution in [0.2, 0.25) is 0 Å². The van der Waals surface area contributed by atoms with Gasteiger partial charge >= 0.3 is 0 Å². The van der Waals surface area contributed by atoms with Crippen LogP contribution < -0.4 is 16.2 Å². The highest BCUT2D eigenvalue weighted by molar-refractivity contribution is 7.89. The van der Waals surface area contributed by atoms with Crippen LogP contribution in [0.4, 0.5) is 11.8 Å². The van der Waals surface area contributed by atoms with Crippen LogP contribution in [0.15, 0.2) is 41.6 Å². The Kier molecular flexibility index (Phi) is 4.29. The van der Waals surface area contributed by atoms with E-state index >= 15 is 0 Å². The average Bonchev–Trinajstić information content (AvgIpc) is 2.53. The molecule has 0 bridgehead atoms. The molecule has 0 spiro atoms. The molecule has 0 aliphatic rings. The summed E-state index contributed by atoms with van der Waals surface area (Å²) in [6, 6.07) is 6.44. The van der Waals surface area contributed by atoms with Gasteiger partial charge in [-0.2, -0.15) is 0 Å². The zero-order valence-electron chi connectivity index (χ0n) is 14.7. The highest BCUT2D eigenvalue weighted by Crippen LogP contribution is 2.33. The van der Waals surface area contributed by atoms with Gasteiger partial charge in [-0.25, -0.2) is 28.5 Å². The molecule has 136 valence electrons. The third kappa shape index (κ3) is 3.58. The van der Waals surface area contributed by atoms with Crippen molar-refractivity contribution in [2.24, 2.45) is 5.14 Å². The minimum absolute atomic E-state index is 0.00295. The second-order valence-corrected chi connectivity index (χ2v) is 8.46. The van der Waals surface area contributed by atoms with Crippen LogP contribution in [-0.4, -0.2) is 28.9 Å². The number of rotatable bonds is 3. The molecule has 0 saturated heterocycles. The van der Waals surface area contributed by atoms with Gasteiger partial charge < -0.3 is 11.1 Å². The summed E-state index contributed by atoms with van der Waals surface area (Å²) in [4.78, 5) is 13.0. The quantitative estimate of drug-likeness (QED) is 0.640. The number of hydrogen-bond donors (Lipinski definition) is 3. The van der Waals surface area contributed by atoms with Gasteiger partial charge in [0.2, 0.25) is 16.0 Å². The number of aromatic nitrogens is 3. The Morgan fingerprint density at radius 2 is 1.73 bits per heavy atom. The van der Waals surface area contributed by atoms with Gasteiger partial charge in [-0.3, -0.25) is 0 Å². The number of fused-ring (bicyclic) bond motifs is 1. The van der Waals surface area contributed by atoms with Crippen molar-refractivity contribution in [3.63, 3.8) is 0 Å². The molecule has 3 aromatic rings. The standard InChI is InChI=1S/C17H20N6O2S/c1-17(2,3)23-16-21-9-12-14(22-16)11(8-20-15(12)18)10-6-4-5-7-13(10)26(19,24)25/h4-9H,1-3H3,(H2,18,20)(H2,19,24,25)(H,21,22,23). The first kappa shape index (κ1) is 18.0. The maximum atomic E-state index is 12.0. The number of benzene rings is 1. The van der Waals surface area contributed by atoms with Gasteiger partial charge in [-0.05, 0) is 26.8 Å². The van der Waals surface area contributed by atoms with E-state index in [0.29, 0.717) is 28.0 Å². The Balaban J connectivity index is 2.31. The van der Waals surface area contributed by atoms with Crippen LogP contribution >= 0.6 is 0 Å². The number of nitrogens with zero attached hydrogens (tertiary/aromatic N) is 3. The zero-order valence-corrected chi connectivity index (χ0v) is 15.5. The zero-order chi connectivity index (χ0) is 19.1. The van der Waals surface area contributed by atoms with E-state index in [1.165, 1.54) is 12.3 Å². The summed E-state index contributed by atoms with van der Waals surface area (Å²) >= 11 is 0. The molecule has 0 amide bonds. The number of hydrogen-bond acceptors (Lipinski definition) is 7. The van der Waals surface area contributed by atoms with Crippen molar-refractivity contribution in [2.45, 2.75) is 31.2 Å². The predicted molar refractivity (Wildman–Crippen MR) is 102 cm³/mol. The molecular weight excluding hydrogens is 352 g/mol. The molecular formula is C17H20N6O2S. The van der Waals surface area contributed by atoms with E-state index in [1.54, 1.807) is 24.4 Å².